The Kier molecular flexibility index (Phi) is 18.7. The lowest BCUT2D eigenvalue weighted by atomic mass is 10.0. The van der Waals surface area contributed by atoms with Gasteiger partial charge >= 0.3 is 0 Å². The van der Waals surface area contributed by atoms with Gasteiger partial charge in [-0.2, -0.15) is 0 Å². The summed E-state index contributed by atoms with van der Waals surface area (Å²) in [4.78, 5) is 0. The Hall–Kier alpha value is -0.530. The van der Waals surface area contributed by atoms with E-state index in [9.17, 15) is 0 Å². The maximum atomic E-state index is 6.46. The van der Waals surface area contributed by atoms with E-state index in [1.54, 1.807) is 0 Å². The largest absolute Gasteiger partial charge is 0.317 e. The van der Waals surface area contributed by atoms with Gasteiger partial charge in [-0.25, -0.2) is 0 Å². The first-order chi connectivity index (χ1) is 14.7. The molecule has 1 aromatic rings. The van der Waals surface area contributed by atoms with E-state index in [0.29, 0.717) is 0 Å². The molecule has 0 amide bonds. The van der Waals surface area contributed by atoms with Crippen molar-refractivity contribution in [2.75, 3.05) is 13.1 Å². The third kappa shape index (κ3) is 17.2. The van der Waals surface area contributed by atoms with Gasteiger partial charge in [-0.3, -0.25) is 0 Å². The van der Waals surface area contributed by atoms with E-state index in [0.717, 1.165) is 31.8 Å². The average Bonchev–Trinajstić information content (AvgIpc) is 2.75. The van der Waals surface area contributed by atoms with Gasteiger partial charge in [-0.1, -0.05) is 128 Å². The molecule has 0 spiro atoms. The van der Waals surface area contributed by atoms with Crippen molar-refractivity contribution in [3.05, 3.63) is 35.9 Å². The summed E-state index contributed by atoms with van der Waals surface area (Å²) in [7, 11) is 0. The third-order valence-electron chi connectivity index (χ3n) is 6.11. The molecule has 2 heteroatoms. The van der Waals surface area contributed by atoms with Crippen LogP contribution in [0.1, 0.15) is 128 Å². The minimum absolute atomic E-state index is 0.155. The average molecular weight is 436 g/mol. The van der Waals surface area contributed by atoms with Crippen LogP contribution >= 0.6 is 11.6 Å². The molecule has 30 heavy (non-hydrogen) atoms. The highest BCUT2D eigenvalue weighted by molar-refractivity contribution is 6.20. The quantitative estimate of drug-likeness (QED) is 0.150. The van der Waals surface area contributed by atoms with Crippen molar-refractivity contribution in [1.29, 1.82) is 0 Å². The maximum Gasteiger partial charge on any atom is 0.0585 e. The molecule has 0 radical (unpaired) electrons. The molecule has 0 fully saturated rings. The van der Waals surface area contributed by atoms with Gasteiger partial charge in [0.05, 0.1) is 5.38 Å². The van der Waals surface area contributed by atoms with Crippen LogP contribution in [0.25, 0.3) is 0 Å². The van der Waals surface area contributed by atoms with Crippen LogP contribution in [0.5, 0.6) is 0 Å². The second-order valence-corrected chi connectivity index (χ2v) is 10.1. The zero-order valence-electron chi connectivity index (χ0n) is 20.1. The molecule has 0 heterocycles. The Morgan fingerprint density at radius 2 is 1.07 bits per heavy atom. The van der Waals surface area contributed by atoms with Crippen LogP contribution in [-0.4, -0.2) is 13.1 Å². The number of hydrogen-bond acceptors (Lipinski definition) is 1. The maximum absolute atomic E-state index is 6.46. The van der Waals surface area contributed by atoms with Crippen molar-refractivity contribution >= 4 is 11.6 Å². The van der Waals surface area contributed by atoms with E-state index in [2.05, 4.69) is 43.4 Å². The molecule has 1 rings (SSSR count). The fraction of sp³-hybridized carbons (Fsp3) is 0.786. The van der Waals surface area contributed by atoms with Crippen LogP contribution in [0.2, 0.25) is 0 Å². The van der Waals surface area contributed by atoms with Crippen molar-refractivity contribution in [3.63, 3.8) is 0 Å². The van der Waals surface area contributed by atoms with Crippen molar-refractivity contribution in [2.24, 2.45) is 5.92 Å². The summed E-state index contributed by atoms with van der Waals surface area (Å²) in [5.74, 6) is 0.885. The fourth-order valence-electron chi connectivity index (χ4n) is 4.11. The summed E-state index contributed by atoms with van der Waals surface area (Å²) in [5, 5.41) is 3.74. The Bertz CT molecular complexity index is 459. The SMILES string of the molecule is CC(C)CCCCCCCCCCCCCCCNCCCC(Cl)c1ccccc1. The van der Waals surface area contributed by atoms with Gasteiger partial charge in [0, 0.05) is 0 Å². The van der Waals surface area contributed by atoms with Gasteiger partial charge in [-0.05, 0) is 43.8 Å². The van der Waals surface area contributed by atoms with Gasteiger partial charge < -0.3 is 5.32 Å². The van der Waals surface area contributed by atoms with Crippen LogP contribution in [0.15, 0.2) is 30.3 Å². The molecule has 174 valence electrons. The van der Waals surface area contributed by atoms with Crippen LogP contribution in [0.4, 0.5) is 0 Å². The van der Waals surface area contributed by atoms with Crippen molar-refractivity contribution < 1.29 is 0 Å². The first kappa shape index (κ1) is 27.5. The molecule has 0 aromatic heterocycles. The lowest BCUT2D eigenvalue weighted by Gasteiger charge is -2.10. The monoisotopic (exact) mass is 435 g/mol. The molecule has 0 bridgehead atoms. The molecule has 0 saturated carbocycles. The van der Waals surface area contributed by atoms with E-state index in [-0.39, 0.29) is 5.38 Å². The lowest BCUT2D eigenvalue weighted by Crippen LogP contribution is -2.16. The van der Waals surface area contributed by atoms with E-state index in [4.69, 9.17) is 11.6 Å². The Morgan fingerprint density at radius 3 is 1.60 bits per heavy atom. The number of alkyl halides is 1. The first-order valence-corrected chi connectivity index (χ1v) is 13.5. The van der Waals surface area contributed by atoms with Gasteiger partial charge in [-0.15, -0.1) is 11.6 Å². The summed E-state index contributed by atoms with van der Waals surface area (Å²) in [6.45, 7) is 6.92. The van der Waals surface area contributed by atoms with Crippen LogP contribution in [0, 0.1) is 5.92 Å². The fourth-order valence-corrected chi connectivity index (χ4v) is 4.41. The topological polar surface area (TPSA) is 12.0 Å². The summed E-state index contributed by atoms with van der Waals surface area (Å²) in [6.07, 6.45) is 22.2. The number of hydrogen-bond donors (Lipinski definition) is 1. The van der Waals surface area contributed by atoms with Gasteiger partial charge in [0.1, 0.15) is 0 Å². The Labute approximate surface area is 193 Å². The Balaban J connectivity index is 1.72. The molecular weight excluding hydrogens is 386 g/mol. The highest BCUT2D eigenvalue weighted by atomic mass is 35.5. The molecular formula is C28H50ClN. The molecule has 1 aromatic carbocycles. The standard InChI is InChI=1S/C28H50ClN/c1-26(2)20-15-12-10-8-6-4-3-5-7-9-11-13-18-24-30-25-19-23-28(29)27-21-16-14-17-22-27/h14,16-17,21-22,26,28,30H,3-13,15,18-20,23-25H2,1-2H3. The lowest BCUT2D eigenvalue weighted by molar-refractivity contribution is 0.501. The minimum Gasteiger partial charge on any atom is -0.317 e. The smallest absolute Gasteiger partial charge is 0.0585 e. The van der Waals surface area contributed by atoms with Crippen LogP contribution in [0.3, 0.4) is 0 Å². The number of nitrogens with one attached hydrogen (secondary N) is 1. The van der Waals surface area contributed by atoms with Crippen molar-refractivity contribution in [2.45, 2.75) is 122 Å². The molecule has 0 aliphatic heterocycles. The van der Waals surface area contributed by atoms with Gasteiger partial charge in [0.2, 0.25) is 0 Å². The zero-order chi connectivity index (χ0) is 21.7. The van der Waals surface area contributed by atoms with Crippen molar-refractivity contribution in [1.82, 2.24) is 5.32 Å². The Morgan fingerprint density at radius 1 is 0.600 bits per heavy atom. The second kappa shape index (κ2) is 20.4. The first-order valence-electron chi connectivity index (χ1n) is 13.1. The number of unbranched alkanes of at least 4 members (excludes halogenated alkanes) is 12. The predicted molar refractivity (Wildman–Crippen MR) is 137 cm³/mol. The predicted octanol–water partition coefficient (Wildman–Crippen LogP) is 9.45. The summed E-state index contributed by atoms with van der Waals surface area (Å²) in [6, 6.07) is 10.4. The molecule has 1 unspecified atom stereocenters. The van der Waals surface area contributed by atoms with Crippen LogP contribution < -0.4 is 5.32 Å². The van der Waals surface area contributed by atoms with Crippen molar-refractivity contribution in [3.8, 4) is 0 Å². The summed E-state index contributed by atoms with van der Waals surface area (Å²) < 4.78 is 0. The molecule has 1 atom stereocenters. The number of benzene rings is 1. The zero-order valence-corrected chi connectivity index (χ0v) is 20.9. The molecule has 1 nitrogen and oxygen atoms in total. The van der Waals surface area contributed by atoms with E-state index in [1.165, 1.54) is 95.5 Å². The highest BCUT2D eigenvalue weighted by Crippen LogP contribution is 2.24. The number of rotatable bonds is 21. The normalized spacial score (nSPS) is 12.5. The molecule has 1 N–H and O–H groups in total. The second-order valence-electron chi connectivity index (χ2n) is 9.55. The van der Waals surface area contributed by atoms with E-state index in [1.807, 2.05) is 6.07 Å². The minimum atomic E-state index is 0.155. The summed E-state index contributed by atoms with van der Waals surface area (Å²) in [5.41, 5.74) is 1.25. The van der Waals surface area contributed by atoms with Gasteiger partial charge in [0.25, 0.3) is 0 Å². The third-order valence-corrected chi connectivity index (χ3v) is 6.58. The molecule has 0 aliphatic rings. The van der Waals surface area contributed by atoms with E-state index < -0.39 is 0 Å². The van der Waals surface area contributed by atoms with Crippen LogP contribution in [-0.2, 0) is 0 Å². The molecule has 0 aliphatic carbocycles. The van der Waals surface area contributed by atoms with E-state index >= 15 is 0 Å². The molecule has 0 saturated heterocycles. The highest BCUT2D eigenvalue weighted by Gasteiger charge is 2.06. The summed E-state index contributed by atoms with van der Waals surface area (Å²) >= 11 is 6.46. The number of halogens is 1. The van der Waals surface area contributed by atoms with Gasteiger partial charge in [0.15, 0.2) is 0 Å².